The Hall–Kier alpha value is -3.52. The summed E-state index contributed by atoms with van der Waals surface area (Å²) in [7, 11) is 1.47. The van der Waals surface area contributed by atoms with Crippen LogP contribution in [0.5, 0.6) is 5.75 Å². The molecule has 1 unspecified atom stereocenters. The Morgan fingerprint density at radius 3 is 2.73 bits per heavy atom. The number of aliphatic hydroxyl groups is 2. The average Bonchev–Trinajstić information content (AvgIpc) is 3.38. The van der Waals surface area contributed by atoms with Crippen molar-refractivity contribution in [3.63, 3.8) is 0 Å². The number of hydrogen-bond donors (Lipinski definition) is 4. The Bertz CT molecular complexity index is 1360. The molecule has 13 nitrogen and oxygen atoms in total. The van der Waals surface area contributed by atoms with E-state index in [2.05, 4.69) is 9.97 Å². The van der Waals surface area contributed by atoms with E-state index in [9.17, 15) is 25.1 Å². The maximum Gasteiger partial charge on any atom is 0.275 e. The van der Waals surface area contributed by atoms with E-state index in [-0.39, 0.29) is 42.3 Å². The van der Waals surface area contributed by atoms with Crippen LogP contribution >= 0.6 is 0 Å². The number of aliphatic hydroxyl groups excluding tert-OH is 2. The lowest BCUT2D eigenvalue weighted by atomic mass is 9.83. The molecule has 37 heavy (non-hydrogen) atoms. The number of fused-ring (bicyclic) bond motifs is 1. The van der Waals surface area contributed by atoms with Crippen LogP contribution in [0.3, 0.4) is 0 Å². The van der Waals surface area contributed by atoms with E-state index >= 15 is 0 Å². The molecule has 5 N–H and O–H groups in total. The van der Waals surface area contributed by atoms with Crippen LogP contribution in [-0.4, -0.2) is 55.6 Å². The van der Waals surface area contributed by atoms with Crippen molar-refractivity contribution >= 4 is 22.7 Å². The molecule has 2 aromatic heterocycles. The minimum Gasteiger partial charge on any atom is -0.497 e. The number of nitrogen functional groups attached to an aromatic ring is 1. The van der Waals surface area contributed by atoms with E-state index < -0.39 is 40.4 Å². The highest BCUT2D eigenvalue weighted by Gasteiger charge is 2.37. The van der Waals surface area contributed by atoms with Crippen molar-refractivity contribution in [3.8, 4) is 5.75 Å². The number of nitrogens with two attached hydrogens (primary N) is 1. The summed E-state index contributed by atoms with van der Waals surface area (Å²) in [5, 5.41) is 31.7. The molecule has 0 aliphatic carbocycles. The number of rotatable bonds is 8. The Balaban J connectivity index is 1.76. The molecule has 13 heteroatoms. The molecule has 4 atom stereocenters. The molecule has 1 fully saturated rings. The number of nitro benzene ring substituents is 1. The minimum atomic E-state index is -0.898. The van der Waals surface area contributed by atoms with Gasteiger partial charge in [-0.15, -0.1) is 0 Å². The number of anilines is 1. The zero-order chi connectivity index (χ0) is 27.1. The van der Waals surface area contributed by atoms with Gasteiger partial charge in [-0.2, -0.15) is 4.98 Å². The summed E-state index contributed by atoms with van der Waals surface area (Å²) < 4.78 is 18.9. The van der Waals surface area contributed by atoms with Crippen LogP contribution in [0, 0.1) is 15.5 Å². The quantitative estimate of drug-likeness (QED) is 0.255. The first-order valence-corrected chi connectivity index (χ1v) is 11.7. The fourth-order valence-electron chi connectivity index (χ4n) is 4.64. The van der Waals surface area contributed by atoms with E-state index in [1.165, 1.54) is 19.2 Å². The van der Waals surface area contributed by atoms with Gasteiger partial charge in [-0.05, 0) is 17.5 Å². The molecule has 1 aliphatic heterocycles. The number of H-pyrrole nitrogens is 1. The first kappa shape index (κ1) is 26.5. The summed E-state index contributed by atoms with van der Waals surface area (Å²) in [5.74, 6) is 0.350. The molecule has 4 rings (SSSR count). The number of ether oxygens (including phenoxy) is 3. The second kappa shape index (κ2) is 10.1. The lowest BCUT2D eigenvalue weighted by Crippen LogP contribution is -2.24. The van der Waals surface area contributed by atoms with E-state index in [1.54, 1.807) is 16.8 Å². The monoisotopic (exact) mass is 517 g/mol. The van der Waals surface area contributed by atoms with E-state index in [4.69, 9.17) is 19.9 Å². The number of nitrogens with zero attached hydrogens (tertiary/aromatic N) is 3. The smallest absolute Gasteiger partial charge is 0.275 e. The molecule has 200 valence electrons. The number of benzene rings is 1. The van der Waals surface area contributed by atoms with Crippen LogP contribution < -0.4 is 16.0 Å². The highest BCUT2D eigenvalue weighted by atomic mass is 16.6. The number of methoxy groups -OCH3 is 1. The average molecular weight is 518 g/mol. The summed E-state index contributed by atoms with van der Waals surface area (Å²) >= 11 is 0. The first-order chi connectivity index (χ1) is 17.4. The Kier molecular flexibility index (Phi) is 7.24. The SMILES string of the molecule is COc1ccc([N+](=O)[O-])c(C(OCc2cn([C@H]3C[C@H](O)[C@@H](CO)O3)c3nc(N)[nH]c(=O)c23)C(C)(C)C)c1. The first-order valence-electron chi connectivity index (χ1n) is 11.7. The van der Waals surface area contributed by atoms with Crippen LogP contribution in [0.2, 0.25) is 0 Å². The molecule has 1 aromatic carbocycles. The molecule has 1 saturated heterocycles. The fraction of sp³-hybridized carbons (Fsp3) is 0.500. The number of aromatic amines is 1. The molecular formula is C24H31N5O8. The summed E-state index contributed by atoms with van der Waals surface area (Å²) in [4.78, 5) is 31.0. The number of aromatic nitrogens is 3. The molecule has 0 radical (unpaired) electrons. The van der Waals surface area contributed by atoms with Crippen molar-refractivity contribution in [3.05, 3.63) is 56.0 Å². The van der Waals surface area contributed by atoms with Gasteiger partial charge in [-0.25, -0.2) is 0 Å². The van der Waals surface area contributed by atoms with Gasteiger partial charge in [0.2, 0.25) is 5.95 Å². The van der Waals surface area contributed by atoms with Gasteiger partial charge in [0, 0.05) is 24.2 Å². The third-order valence-corrected chi connectivity index (χ3v) is 6.38. The second-order valence-electron chi connectivity index (χ2n) is 10.1. The van der Waals surface area contributed by atoms with E-state index in [0.29, 0.717) is 16.9 Å². The van der Waals surface area contributed by atoms with Gasteiger partial charge in [-0.1, -0.05) is 20.8 Å². The van der Waals surface area contributed by atoms with Crippen molar-refractivity contribution in [1.82, 2.24) is 14.5 Å². The third kappa shape index (κ3) is 5.16. The Morgan fingerprint density at radius 1 is 1.41 bits per heavy atom. The normalized spacial score (nSPS) is 20.9. The molecule has 3 heterocycles. The van der Waals surface area contributed by atoms with Crippen LogP contribution in [0.4, 0.5) is 11.6 Å². The van der Waals surface area contributed by atoms with E-state index in [1.807, 2.05) is 20.8 Å². The van der Waals surface area contributed by atoms with Crippen molar-refractivity contribution in [2.45, 2.75) is 58.3 Å². The lowest BCUT2D eigenvalue weighted by molar-refractivity contribution is -0.386. The van der Waals surface area contributed by atoms with Gasteiger partial charge in [0.05, 0.1) is 48.4 Å². The maximum atomic E-state index is 12.9. The maximum absolute atomic E-state index is 12.9. The van der Waals surface area contributed by atoms with Gasteiger partial charge >= 0.3 is 0 Å². The zero-order valence-corrected chi connectivity index (χ0v) is 21.0. The van der Waals surface area contributed by atoms with Crippen molar-refractivity contribution < 1.29 is 29.3 Å². The van der Waals surface area contributed by atoms with Gasteiger partial charge in [0.1, 0.15) is 18.1 Å². The lowest BCUT2D eigenvalue weighted by Gasteiger charge is -2.31. The summed E-state index contributed by atoms with van der Waals surface area (Å²) in [6, 6.07) is 4.47. The molecule has 0 saturated carbocycles. The van der Waals surface area contributed by atoms with Gasteiger partial charge in [-0.3, -0.25) is 19.9 Å². The second-order valence-corrected chi connectivity index (χ2v) is 10.1. The van der Waals surface area contributed by atoms with Crippen molar-refractivity contribution in [2.24, 2.45) is 5.41 Å². The van der Waals surface area contributed by atoms with Gasteiger partial charge in [0.25, 0.3) is 11.2 Å². The number of hydrogen-bond acceptors (Lipinski definition) is 10. The topological polar surface area (TPSA) is 188 Å². The molecule has 0 spiro atoms. The van der Waals surface area contributed by atoms with Gasteiger partial charge in [0.15, 0.2) is 5.65 Å². The fourth-order valence-corrected chi connectivity index (χ4v) is 4.64. The third-order valence-electron chi connectivity index (χ3n) is 6.38. The van der Waals surface area contributed by atoms with Gasteiger partial charge < -0.3 is 34.7 Å². The van der Waals surface area contributed by atoms with E-state index in [0.717, 1.165) is 0 Å². The van der Waals surface area contributed by atoms with Crippen LogP contribution in [-0.2, 0) is 16.1 Å². The molecular weight excluding hydrogens is 486 g/mol. The molecule has 3 aromatic rings. The number of nitro groups is 1. The summed E-state index contributed by atoms with van der Waals surface area (Å²) in [5.41, 5.74) is 5.64. The standard InChI is InChI=1S/C24H31N5O8/c1-24(2,3)20(14-7-13(35-4)5-6-15(14)29(33)34)36-11-12-9-28(18-8-16(31)17(10-30)37-18)21-19(12)22(32)27-23(25)26-21/h5-7,9,16-18,20,30-31H,8,10-11H2,1-4H3,(H3,25,26,27,32)/t16-,17+,18+,20?/m0/s1. The van der Waals surface area contributed by atoms with Crippen LogP contribution in [0.1, 0.15) is 50.7 Å². The molecule has 0 bridgehead atoms. The zero-order valence-electron chi connectivity index (χ0n) is 21.0. The van der Waals surface area contributed by atoms with Crippen LogP contribution in [0.25, 0.3) is 11.0 Å². The highest BCUT2D eigenvalue weighted by molar-refractivity contribution is 5.80. The molecule has 0 amide bonds. The number of nitrogens with one attached hydrogen (secondary N) is 1. The Morgan fingerprint density at radius 2 is 2.14 bits per heavy atom. The predicted octanol–water partition coefficient (Wildman–Crippen LogP) is 2.17. The van der Waals surface area contributed by atoms with Crippen molar-refractivity contribution in [2.75, 3.05) is 19.5 Å². The van der Waals surface area contributed by atoms with Crippen LogP contribution in [0.15, 0.2) is 29.2 Å². The van der Waals surface area contributed by atoms with Crippen molar-refractivity contribution in [1.29, 1.82) is 0 Å². The highest BCUT2D eigenvalue weighted by Crippen LogP contribution is 2.42. The molecule has 1 aliphatic rings. The predicted molar refractivity (Wildman–Crippen MR) is 133 cm³/mol. The summed E-state index contributed by atoms with van der Waals surface area (Å²) in [6.07, 6.45) is -1.32. The largest absolute Gasteiger partial charge is 0.497 e. The summed E-state index contributed by atoms with van der Waals surface area (Å²) in [6.45, 7) is 5.22. The minimum absolute atomic E-state index is 0.0901. The Labute approximate surface area is 211 Å².